The number of aromatic nitrogens is 2. The molecule has 1 aromatic carbocycles. The predicted octanol–water partition coefficient (Wildman–Crippen LogP) is 5.36. The summed E-state index contributed by atoms with van der Waals surface area (Å²) in [5, 5.41) is 6.50. The number of benzene rings is 1. The summed E-state index contributed by atoms with van der Waals surface area (Å²) in [6.45, 7) is 12.1. The fourth-order valence-electron chi connectivity index (χ4n) is 3.12. The third kappa shape index (κ3) is 6.21. The Morgan fingerprint density at radius 3 is 2.17 bits per heavy atom. The van der Waals surface area contributed by atoms with E-state index in [1.54, 1.807) is 10.7 Å². The van der Waals surface area contributed by atoms with Crippen molar-refractivity contribution in [3.63, 3.8) is 0 Å². The van der Waals surface area contributed by atoms with Gasteiger partial charge in [-0.1, -0.05) is 19.9 Å². The molecule has 0 radical (unpaired) electrons. The quantitative estimate of drug-likeness (QED) is 0.301. The first-order valence-electron chi connectivity index (χ1n) is 11.1. The number of nitrogens with one attached hydrogen (secondary N) is 1. The Balaban J connectivity index is 0.000000251. The van der Waals surface area contributed by atoms with E-state index >= 15 is 0 Å². The molecule has 3 aromatic rings. The second-order valence-electron chi connectivity index (χ2n) is 8.54. The number of anilines is 1. The number of carbonyl (C=O) groups is 1. The number of fused-ring (bicyclic) bond motifs is 1. The number of halogens is 4. The molecule has 0 unspecified atom stereocenters. The summed E-state index contributed by atoms with van der Waals surface area (Å²) >= 11 is 0. The van der Waals surface area contributed by atoms with E-state index in [1.165, 1.54) is 7.05 Å². The van der Waals surface area contributed by atoms with Crippen LogP contribution < -0.4 is 10.8 Å². The molecule has 3 heterocycles. The van der Waals surface area contributed by atoms with E-state index in [-0.39, 0.29) is 16.9 Å². The number of alkyl halides is 3. The lowest BCUT2D eigenvalue weighted by Gasteiger charge is -2.32. The standard InChI is InChI=1S/C14H17BN2O3.C8H7F4N.C2H6/c1-13(2)14(3,4)20-15(19-13)11-5-6-12-10(9-18)7-16-17(12)8-11;1-13-7-4-5(8(10,11)12)2-3-6(7)9;1-2/h5-9H,1-4H3;2-4,13H,1H3;1-2H3. The average Bonchev–Trinajstić information content (AvgIpc) is 3.31. The number of aldehydes is 1. The van der Waals surface area contributed by atoms with Crippen molar-refractivity contribution in [1.29, 1.82) is 0 Å². The zero-order valence-electron chi connectivity index (χ0n) is 20.8. The van der Waals surface area contributed by atoms with Crippen molar-refractivity contribution in [1.82, 2.24) is 9.61 Å². The van der Waals surface area contributed by atoms with Crippen molar-refractivity contribution >= 4 is 30.1 Å². The number of hydrogen-bond acceptors (Lipinski definition) is 5. The van der Waals surface area contributed by atoms with Gasteiger partial charge in [0.25, 0.3) is 0 Å². The van der Waals surface area contributed by atoms with Crippen LogP contribution >= 0.6 is 0 Å². The monoisotopic (exact) mass is 495 g/mol. The molecule has 0 amide bonds. The van der Waals surface area contributed by atoms with Crippen molar-refractivity contribution < 1.29 is 31.7 Å². The minimum atomic E-state index is -4.43. The van der Waals surface area contributed by atoms with E-state index < -0.39 is 24.7 Å². The maximum Gasteiger partial charge on any atom is 0.496 e. The summed E-state index contributed by atoms with van der Waals surface area (Å²) < 4.78 is 62.7. The fraction of sp³-hybridized carbons (Fsp3) is 0.417. The normalized spacial score (nSPS) is 16.1. The Morgan fingerprint density at radius 1 is 1.06 bits per heavy atom. The van der Waals surface area contributed by atoms with Crippen LogP contribution in [0, 0.1) is 5.82 Å². The molecular formula is C24H30BF4N3O3. The Bertz CT molecular complexity index is 1150. The third-order valence-corrected chi connectivity index (χ3v) is 5.78. The van der Waals surface area contributed by atoms with Gasteiger partial charge in [0.2, 0.25) is 0 Å². The number of rotatable bonds is 3. The van der Waals surface area contributed by atoms with Gasteiger partial charge in [0.15, 0.2) is 6.29 Å². The van der Waals surface area contributed by atoms with Gasteiger partial charge in [0, 0.05) is 18.7 Å². The van der Waals surface area contributed by atoms with E-state index in [2.05, 4.69) is 10.4 Å². The van der Waals surface area contributed by atoms with Crippen molar-refractivity contribution in [2.75, 3.05) is 12.4 Å². The van der Waals surface area contributed by atoms with Crippen LogP contribution in [0.25, 0.3) is 5.52 Å². The minimum absolute atomic E-state index is 0.158. The van der Waals surface area contributed by atoms with Gasteiger partial charge in [-0.3, -0.25) is 4.79 Å². The van der Waals surface area contributed by atoms with Crippen molar-refractivity contribution in [2.45, 2.75) is 58.9 Å². The first kappa shape index (κ1) is 28.3. The molecule has 0 aliphatic carbocycles. The molecule has 6 nitrogen and oxygen atoms in total. The molecular weight excluding hydrogens is 465 g/mol. The molecule has 0 saturated carbocycles. The maximum atomic E-state index is 12.7. The van der Waals surface area contributed by atoms with Gasteiger partial charge in [-0.2, -0.15) is 18.3 Å². The Kier molecular flexibility index (Phi) is 8.72. The highest BCUT2D eigenvalue weighted by atomic mass is 19.4. The van der Waals surface area contributed by atoms with Crippen molar-refractivity contribution in [2.24, 2.45) is 0 Å². The van der Waals surface area contributed by atoms with E-state index in [9.17, 15) is 22.4 Å². The molecule has 1 aliphatic heterocycles. The number of pyridine rings is 1. The summed E-state index contributed by atoms with van der Waals surface area (Å²) in [5.41, 5.74) is 0.477. The summed E-state index contributed by atoms with van der Waals surface area (Å²) in [6, 6.07) is 5.99. The van der Waals surface area contributed by atoms with Crippen LogP contribution in [0.3, 0.4) is 0 Å². The van der Waals surface area contributed by atoms with Gasteiger partial charge in [-0.25, -0.2) is 8.91 Å². The van der Waals surface area contributed by atoms with Crippen LogP contribution in [0.1, 0.15) is 57.5 Å². The number of hydrogen-bond donors (Lipinski definition) is 1. The molecule has 1 fully saturated rings. The molecule has 1 N–H and O–H groups in total. The van der Waals surface area contributed by atoms with Gasteiger partial charge in [-0.15, -0.1) is 0 Å². The van der Waals surface area contributed by atoms with Crippen molar-refractivity contribution in [3.8, 4) is 0 Å². The molecule has 1 saturated heterocycles. The first-order valence-corrected chi connectivity index (χ1v) is 11.1. The second-order valence-corrected chi connectivity index (χ2v) is 8.54. The number of nitrogens with zero attached hydrogens (tertiary/aromatic N) is 2. The smallest absolute Gasteiger partial charge is 0.399 e. The molecule has 0 bridgehead atoms. The van der Waals surface area contributed by atoms with E-state index in [1.807, 2.05) is 59.9 Å². The topological polar surface area (TPSA) is 64.9 Å². The van der Waals surface area contributed by atoms with Crippen LogP contribution in [0.5, 0.6) is 0 Å². The van der Waals surface area contributed by atoms with Gasteiger partial charge >= 0.3 is 13.3 Å². The summed E-state index contributed by atoms with van der Waals surface area (Å²) in [7, 11) is 0.937. The fourth-order valence-corrected chi connectivity index (χ4v) is 3.12. The molecule has 2 aromatic heterocycles. The molecule has 4 rings (SSSR count). The molecule has 35 heavy (non-hydrogen) atoms. The predicted molar refractivity (Wildman–Crippen MR) is 129 cm³/mol. The van der Waals surface area contributed by atoms with E-state index in [0.717, 1.165) is 29.4 Å². The Morgan fingerprint density at radius 2 is 1.66 bits per heavy atom. The lowest BCUT2D eigenvalue weighted by Crippen LogP contribution is -2.41. The highest BCUT2D eigenvalue weighted by Crippen LogP contribution is 2.36. The van der Waals surface area contributed by atoms with E-state index in [0.29, 0.717) is 11.6 Å². The second kappa shape index (κ2) is 10.8. The summed E-state index contributed by atoms with van der Waals surface area (Å²) in [5.74, 6) is -0.699. The minimum Gasteiger partial charge on any atom is -0.399 e. The maximum absolute atomic E-state index is 12.7. The molecule has 11 heteroatoms. The largest absolute Gasteiger partial charge is 0.496 e. The zero-order chi connectivity index (χ0) is 26.6. The molecule has 0 spiro atoms. The summed E-state index contributed by atoms with van der Waals surface area (Å²) in [4.78, 5) is 10.9. The zero-order valence-corrected chi connectivity index (χ0v) is 20.8. The van der Waals surface area contributed by atoms with Crippen LogP contribution in [0.2, 0.25) is 0 Å². The van der Waals surface area contributed by atoms with Crippen LogP contribution in [0.4, 0.5) is 23.2 Å². The summed E-state index contributed by atoms with van der Waals surface area (Å²) in [6.07, 6.45) is -0.239. The average molecular weight is 495 g/mol. The Hall–Kier alpha value is -2.92. The highest BCUT2D eigenvalue weighted by molar-refractivity contribution is 6.62. The van der Waals surface area contributed by atoms with Gasteiger partial charge in [0.1, 0.15) is 5.82 Å². The van der Waals surface area contributed by atoms with Gasteiger partial charge in [-0.05, 0) is 52.0 Å². The van der Waals surface area contributed by atoms with E-state index in [4.69, 9.17) is 9.31 Å². The van der Waals surface area contributed by atoms with Crippen molar-refractivity contribution in [3.05, 3.63) is 59.7 Å². The SMILES string of the molecule is CC.CC1(C)OB(c2ccc3c(C=O)cnn3c2)OC1(C)C.CNc1cc(C(F)(F)F)ccc1F. The van der Waals surface area contributed by atoms with Crippen LogP contribution in [-0.4, -0.2) is 41.3 Å². The lowest BCUT2D eigenvalue weighted by atomic mass is 9.80. The van der Waals surface area contributed by atoms with Gasteiger partial charge in [0.05, 0.1) is 39.7 Å². The molecule has 0 atom stereocenters. The van der Waals surface area contributed by atoms with Gasteiger partial charge < -0.3 is 14.6 Å². The highest BCUT2D eigenvalue weighted by Gasteiger charge is 2.51. The van der Waals surface area contributed by atoms with Crippen LogP contribution in [-0.2, 0) is 15.5 Å². The number of carbonyl (C=O) groups excluding carboxylic acids is 1. The Labute approximate surface area is 202 Å². The molecule has 1 aliphatic rings. The lowest BCUT2D eigenvalue weighted by molar-refractivity contribution is -0.137. The third-order valence-electron chi connectivity index (χ3n) is 5.78. The van der Waals surface area contributed by atoms with Crippen LogP contribution in [0.15, 0.2) is 42.7 Å². The molecule has 190 valence electrons. The first-order chi connectivity index (χ1) is 16.3.